The molecule has 2 aliphatic rings. The highest BCUT2D eigenvalue weighted by Crippen LogP contribution is 2.40. The van der Waals surface area contributed by atoms with Gasteiger partial charge in [-0.1, -0.05) is 6.07 Å². The first-order valence-electron chi connectivity index (χ1n) is 8.02. The SMILES string of the molecule is CCN1C(=O)C2C(c3ccc(OC)cc3CN2C)N(CC)C1=O. The number of rotatable bonds is 3. The van der Waals surface area contributed by atoms with E-state index in [0.29, 0.717) is 19.6 Å². The van der Waals surface area contributed by atoms with Gasteiger partial charge in [-0.05, 0) is 44.2 Å². The van der Waals surface area contributed by atoms with Gasteiger partial charge in [0.05, 0.1) is 13.2 Å². The van der Waals surface area contributed by atoms with Gasteiger partial charge in [0.15, 0.2) is 0 Å². The van der Waals surface area contributed by atoms with E-state index in [4.69, 9.17) is 4.74 Å². The lowest BCUT2D eigenvalue weighted by atomic mass is 9.86. The number of benzene rings is 1. The second-order valence-electron chi connectivity index (χ2n) is 6.02. The molecular weight excluding hydrogens is 294 g/mol. The van der Waals surface area contributed by atoms with Crippen molar-refractivity contribution < 1.29 is 14.3 Å². The van der Waals surface area contributed by atoms with E-state index in [9.17, 15) is 9.59 Å². The zero-order valence-corrected chi connectivity index (χ0v) is 14.1. The maximum absolute atomic E-state index is 12.8. The molecule has 1 aromatic rings. The second-order valence-corrected chi connectivity index (χ2v) is 6.02. The van der Waals surface area contributed by atoms with Crippen molar-refractivity contribution in [1.82, 2.24) is 14.7 Å². The average Bonchev–Trinajstić information content (AvgIpc) is 2.54. The Bertz CT molecular complexity index is 646. The fraction of sp³-hybridized carbons (Fsp3) is 0.529. The largest absolute Gasteiger partial charge is 0.497 e. The van der Waals surface area contributed by atoms with Crippen LogP contribution in [0.3, 0.4) is 0 Å². The number of carbonyl (C=O) groups is 2. The monoisotopic (exact) mass is 317 g/mol. The molecule has 0 aliphatic carbocycles. The summed E-state index contributed by atoms with van der Waals surface area (Å²) in [6.45, 7) is 5.44. The number of imide groups is 1. The molecule has 0 N–H and O–H groups in total. The molecule has 6 nitrogen and oxygen atoms in total. The fourth-order valence-electron chi connectivity index (χ4n) is 3.73. The lowest BCUT2D eigenvalue weighted by Crippen LogP contribution is -2.65. The molecule has 3 rings (SSSR count). The van der Waals surface area contributed by atoms with Crippen LogP contribution in [0.2, 0.25) is 0 Å². The summed E-state index contributed by atoms with van der Waals surface area (Å²) in [6, 6.07) is 5.13. The van der Waals surface area contributed by atoms with Crippen molar-refractivity contribution in [2.75, 3.05) is 27.2 Å². The fourth-order valence-corrected chi connectivity index (χ4v) is 3.73. The maximum Gasteiger partial charge on any atom is 0.327 e. The third kappa shape index (κ3) is 2.28. The Labute approximate surface area is 136 Å². The van der Waals surface area contributed by atoms with Gasteiger partial charge in [-0.2, -0.15) is 0 Å². The minimum atomic E-state index is -0.325. The highest BCUT2D eigenvalue weighted by molar-refractivity contribution is 6.00. The normalized spacial score (nSPS) is 24.5. The zero-order chi connectivity index (χ0) is 16.7. The molecule has 0 aromatic heterocycles. The molecular formula is C17H23N3O3. The van der Waals surface area contributed by atoms with Crippen molar-refractivity contribution in [2.45, 2.75) is 32.5 Å². The van der Waals surface area contributed by atoms with Crippen molar-refractivity contribution in [3.8, 4) is 5.75 Å². The number of likely N-dealkylation sites (N-methyl/N-ethyl adjacent to an activating group) is 3. The number of nitrogens with zero attached hydrogens (tertiary/aromatic N) is 3. The van der Waals surface area contributed by atoms with Crippen LogP contribution in [0.25, 0.3) is 0 Å². The summed E-state index contributed by atoms with van der Waals surface area (Å²) in [5.74, 6) is 0.693. The van der Waals surface area contributed by atoms with Crippen molar-refractivity contribution >= 4 is 11.9 Å². The molecule has 23 heavy (non-hydrogen) atoms. The molecule has 2 heterocycles. The van der Waals surface area contributed by atoms with Gasteiger partial charge in [0.2, 0.25) is 5.91 Å². The van der Waals surface area contributed by atoms with Gasteiger partial charge < -0.3 is 9.64 Å². The van der Waals surface area contributed by atoms with Gasteiger partial charge in [-0.3, -0.25) is 14.6 Å². The average molecular weight is 317 g/mol. The second kappa shape index (κ2) is 5.85. The maximum atomic E-state index is 12.8. The van der Waals surface area contributed by atoms with Crippen LogP contribution >= 0.6 is 0 Å². The number of amides is 3. The summed E-state index contributed by atoms with van der Waals surface area (Å²) in [4.78, 5) is 30.7. The molecule has 2 unspecified atom stereocenters. The van der Waals surface area contributed by atoms with Gasteiger partial charge in [-0.15, -0.1) is 0 Å². The summed E-state index contributed by atoms with van der Waals surface area (Å²) in [5, 5.41) is 0. The van der Waals surface area contributed by atoms with E-state index in [0.717, 1.165) is 16.9 Å². The minimum Gasteiger partial charge on any atom is -0.497 e. The topological polar surface area (TPSA) is 53.1 Å². The summed E-state index contributed by atoms with van der Waals surface area (Å²) in [5.41, 5.74) is 2.16. The first-order chi connectivity index (χ1) is 11.0. The lowest BCUT2D eigenvalue weighted by molar-refractivity contribution is -0.141. The van der Waals surface area contributed by atoms with Crippen LogP contribution in [-0.2, 0) is 11.3 Å². The first kappa shape index (κ1) is 15.8. The first-order valence-corrected chi connectivity index (χ1v) is 8.02. The Morgan fingerprint density at radius 3 is 2.52 bits per heavy atom. The van der Waals surface area contributed by atoms with E-state index in [1.807, 2.05) is 44.0 Å². The Morgan fingerprint density at radius 1 is 1.17 bits per heavy atom. The number of urea groups is 1. The molecule has 3 amide bonds. The van der Waals surface area contributed by atoms with E-state index in [1.54, 1.807) is 12.0 Å². The summed E-state index contributed by atoms with van der Waals surface area (Å²) >= 11 is 0. The number of carbonyl (C=O) groups excluding carboxylic acids is 2. The molecule has 124 valence electrons. The Hall–Kier alpha value is -2.08. The van der Waals surface area contributed by atoms with Crippen LogP contribution in [0.5, 0.6) is 5.75 Å². The predicted molar refractivity (Wildman–Crippen MR) is 86.2 cm³/mol. The third-order valence-electron chi connectivity index (χ3n) is 4.85. The highest BCUT2D eigenvalue weighted by Gasteiger charge is 2.50. The third-order valence-corrected chi connectivity index (χ3v) is 4.85. The molecule has 0 radical (unpaired) electrons. The van der Waals surface area contributed by atoms with Crippen LogP contribution in [0.1, 0.15) is 31.0 Å². The van der Waals surface area contributed by atoms with Crippen molar-refractivity contribution in [3.05, 3.63) is 29.3 Å². The highest BCUT2D eigenvalue weighted by atomic mass is 16.5. The summed E-state index contributed by atoms with van der Waals surface area (Å²) in [7, 11) is 3.58. The number of ether oxygens (including phenoxy) is 1. The van der Waals surface area contributed by atoms with Gasteiger partial charge >= 0.3 is 6.03 Å². The smallest absolute Gasteiger partial charge is 0.327 e. The molecule has 2 aliphatic heterocycles. The van der Waals surface area contributed by atoms with Crippen molar-refractivity contribution in [3.63, 3.8) is 0 Å². The van der Waals surface area contributed by atoms with E-state index in [2.05, 4.69) is 0 Å². The van der Waals surface area contributed by atoms with Crippen LogP contribution in [0, 0.1) is 0 Å². The zero-order valence-electron chi connectivity index (χ0n) is 14.1. The molecule has 2 atom stereocenters. The standard InChI is InChI=1S/C17H23N3O3/c1-5-19-14-13-8-7-12(23-4)9-11(13)10-18(3)15(14)16(21)20(6-2)17(19)22/h7-9,14-15H,5-6,10H2,1-4H3. The van der Waals surface area contributed by atoms with Crippen LogP contribution in [0.4, 0.5) is 4.79 Å². The number of methoxy groups -OCH3 is 1. The molecule has 1 saturated heterocycles. The predicted octanol–water partition coefficient (Wildman–Crippen LogP) is 1.85. The number of hydrogen-bond donors (Lipinski definition) is 0. The molecule has 0 bridgehead atoms. The van der Waals surface area contributed by atoms with Crippen LogP contribution < -0.4 is 4.74 Å². The van der Waals surface area contributed by atoms with E-state index in [-0.39, 0.29) is 24.0 Å². The van der Waals surface area contributed by atoms with Crippen molar-refractivity contribution in [2.24, 2.45) is 0 Å². The van der Waals surface area contributed by atoms with Crippen LogP contribution in [0.15, 0.2) is 18.2 Å². The van der Waals surface area contributed by atoms with Gasteiger partial charge in [0.1, 0.15) is 11.8 Å². The molecule has 1 fully saturated rings. The van der Waals surface area contributed by atoms with E-state index in [1.165, 1.54) is 4.90 Å². The molecule has 0 saturated carbocycles. The number of fused-ring (bicyclic) bond motifs is 3. The van der Waals surface area contributed by atoms with Gasteiger partial charge in [0, 0.05) is 19.6 Å². The Morgan fingerprint density at radius 2 is 1.91 bits per heavy atom. The Balaban J connectivity index is 2.12. The molecule has 1 aromatic carbocycles. The lowest BCUT2D eigenvalue weighted by Gasteiger charge is -2.50. The van der Waals surface area contributed by atoms with E-state index >= 15 is 0 Å². The minimum absolute atomic E-state index is 0.101. The van der Waals surface area contributed by atoms with Crippen molar-refractivity contribution in [1.29, 1.82) is 0 Å². The Kier molecular flexibility index (Phi) is 4.02. The summed E-state index contributed by atoms with van der Waals surface area (Å²) < 4.78 is 5.31. The van der Waals surface area contributed by atoms with E-state index < -0.39 is 0 Å². The molecule has 6 heteroatoms. The van der Waals surface area contributed by atoms with Gasteiger partial charge in [-0.25, -0.2) is 4.79 Å². The quantitative estimate of drug-likeness (QED) is 0.854. The number of hydrogen-bond acceptors (Lipinski definition) is 4. The molecule has 0 spiro atoms. The van der Waals surface area contributed by atoms with Gasteiger partial charge in [0.25, 0.3) is 0 Å². The summed E-state index contributed by atoms with van der Waals surface area (Å²) in [6.07, 6.45) is 0. The van der Waals surface area contributed by atoms with Crippen LogP contribution in [-0.4, -0.2) is 59.9 Å².